The number of pyridine rings is 2. The summed E-state index contributed by atoms with van der Waals surface area (Å²) in [5.41, 5.74) is -2.37. The van der Waals surface area contributed by atoms with Crippen LogP contribution in [0, 0.1) is 10.8 Å². The second-order valence-electron chi connectivity index (χ2n) is 15.0. The molecule has 0 aromatic carbocycles. The van der Waals surface area contributed by atoms with Crippen LogP contribution in [0.1, 0.15) is 80.0 Å². The van der Waals surface area contributed by atoms with Gasteiger partial charge in [0.05, 0.1) is 24.3 Å². The van der Waals surface area contributed by atoms with Crippen LogP contribution < -0.4 is 9.47 Å². The van der Waals surface area contributed by atoms with Crippen molar-refractivity contribution in [2.24, 2.45) is 10.8 Å². The van der Waals surface area contributed by atoms with E-state index in [1.807, 2.05) is 0 Å². The van der Waals surface area contributed by atoms with Crippen LogP contribution in [-0.2, 0) is 4.74 Å². The lowest BCUT2D eigenvalue weighted by molar-refractivity contribution is -0.226. The van der Waals surface area contributed by atoms with Crippen molar-refractivity contribution in [3.63, 3.8) is 0 Å². The summed E-state index contributed by atoms with van der Waals surface area (Å²) in [6, 6.07) is 9.47. The van der Waals surface area contributed by atoms with Gasteiger partial charge in [-0.1, -0.05) is 23.2 Å². The maximum atomic E-state index is 13.6. The first kappa shape index (κ1) is 34.2. The van der Waals surface area contributed by atoms with E-state index in [-0.39, 0.29) is 32.3 Å². The molecule has 16 heteroatoms. The Bertz CT molecular complexity index is 1950. The van der Waals surface area contributed by atoms with E-state index in [0.29, 0.717) is 75.1 Å². The summed E-state index contributed by atoms with van der Waals surface area (Å²) in [4.78, 5) is 31.3. The standard InChI is InChI=1S/C19H21ClFN3O3.C15H13ClFN3O3/c1-17(2,3)27-16(25)12-4-5-13(22-15(12)20)24-7-6-14(23-24)26-11-18-8-19(21,9-18)10-18;16-12-9(13(21)22)1-2-10(18-12)20-4-3-11(19-20)23-8-14-5-15(17,6-14)7-14/h4-7H,8-11H2,1-3H3;1-4H,5-8H2,(H,21,22). The molecule has 4 aromatic rings. The molecule has 4 bridgehead atoms. The number of carbonyl (C=O) groups excluding carboxylic acids is 1. The van der Waals surface area contributed by atoms with Gasteiger partial charge in [0, 0.05) is 35.4 Å². The molecule has 0 saturated heterocycles. The normalized spacial score (nSPS) is 26.9. The predicted octanol–water partition coefficient (Wildman–Crippen LogP) is 7.04. The zero-order chi connectivity index (χ0) is 35.7. The highest BCUT2D eigenvalue weighted by Gasteiger charge is 2.70. The summed E-state index contributed by atoms with van der Waals surface area (Å²) in [7, 11) is 0. The van der Waals surface area contributed by atoms with Gasteiger partial charge in [-0.25, -0.2) is 37.7 Å². The maximum Gasteiger partial charge on any atom is 0.341 e. The quantitative estimate of drug-likeness (QED) is 0.133. The van der Waals surface area contributed by atoms with Crippen molar-refractivity contribution in [1.82, 2.24) is 29.5 Å². The third-order valence-electron chi connectivity index (χ3n) is 9.32. The highest BCUT2D eigenvalue weighted by Crippen LogP contribution is 2.70. The summed E-state index contributed by atoms with van der Waals surface area (Å²) in [6.45, 7) is 6.29. The molecule has 6 fully saturated rings. The lowest BCUT2D eigenvalue weighted by atomic mass is 9.43. The summed E-state index contributed by atoms with van der Waals surface area (Å²) in [5, 5.41) is 17.4. The first-order valence-corrected chi connectivity index (χ1v) is 16.8. The Kier molecular flexibility index (Phi) is 8.13. The average molecular weight is 732 g/mol. The van der Waals surface area contributed by atoms with Gasteiger partial charge in [0.25, 0.3) is 0 Å². The molecule has 0 aliphatic heterocycles. The molecular formula is C34H34Cl2F2N6O6. The Labute approximate surface area is 295 Å². The first-order valence-electron chi connectivity index (χ1n) is 16.0. The van der Waals surface area contributed by atoms with E-state index >= 15 is 0 Å². The molecular weight excluding hydrogens is 697 g/mol. The van der Waals surface area contributed by atoms with Gasteiger partial charge in [-0.05, 0) is 83.6 Å². The van der Waals surface area contributed by atoms with Crippen LogP contribution >= 0.6 is 23.2 Å². The second kappa shape index (κ2) is 11.9. The van der Waals surface area contributed by atoms with Gasteiger partial charge in [0.2, 0.25) is 11.8 Å². The van der Waals surface area contributed by atoms with Gasteiger partial charge < -0.3 is 19.3 Å². The molecule has 4 heterocycles. The fourth-order valence-corrected chi connectivity index (χ4v) is 7.71. The van der Waals surface area contributed by atoms with E-state index in [1.165, 1.54) is 21.5 Å². The van der Waals surface area contributed by atoms with Crippen LogP contribution in [0.25, 0.3) is 11.6 Å². The number of carboxylic acids is 1. The van der Waals surface area contributed by atoms with Crippen molar-refractivity contribution in [2.75, 3.05) is 13.2 Å². The lowest BCUT2D eigenvalue weighted by Crippen LogP contribution is -2.66. The molecule has 264 valence electrons. The van der Waals surface area contributed by atoms with E-state index in [1.54, 1.807) is 57.4 Å². The van der Waals surface area contributed by atoms with Gasteiger partial charge in [-0.3, -0.25) is 0 Å². The SMILES string of the molecule is CC(C)(C)OC(=O)c1ccc(-n2ccc(OCC34CC(F)(C3)C4)n2)nc1Cl.O=C(O)c1ccc(-n2ccc(OCC34CC(F)(C3)C4)n2)nc1Cl. The maximum absolute atomic E-state index is 13.6. The van der Waals surface area contributed by atoms with Crippen molar-refractivity contribution >= 4 is 35.1 Å². The summed E-state index contributed by atoms with van der Waals surface area (Å²) >= 11 is 12.0. The van der Waals surface area contributed by atoms with Crippen LogP contribution in [0.4, 0.5) is 8.78 Å². The van der Waals surface area contributed by atoms with Gasteiger partial charge >= 0.3 is 11.9 Å². The summed E-state index contributed by atoms with van der Waals surface area (Å²) < 4.78 is 46.6. The van der Waals surface area contributed by atoms with E-state index in [0.717, 1.165) is 0 Å². The molecule has 4 aromatic heterocycles. The monoisotopic (exact) mass is 730 g/mol. The number of carbonyl (C=O) groups is 2. The Balaban J connectivity index is 0.000000159. The van der Waals surface area contributed by atoms with Crippen LogP contribution in [-0.4, -0.2) is 76.7 Å². The van der Waals surface area contributed by atoms with Crippen LogP contribution in [0.15, 0.2) is 48.8 Å². The summed E-state index contributed by atoms with van der Waals surface area (Å²) in [5.74, 6) is 0.0473. The lowest BCUT2D eigenvalue weighted by Gasteiger charge is -2.65. The molecule has 0 amide bonds. The minimum Gasteiger partial charge on any atom is -0.478 e. The van der Waals surface area contributed by atoms with Gasteiger partial charge in [0.1, 0.15) is 27.2 Å². The molecule has 10 rings (SSSR count). The molecule has 1 N–H and O–H groups in total. The van der Waals surface area contributed by atoms with Gasteiger partial charge in [-0.15, -0.1) is 10.2 Å². The Hall–Kier alpha value is -4.30. The van der Waals surface area contributed by atoms with E-state index in [4.69, 9.17) is 42.5 Å². The molecule has 0 radical (unpaired) electrons. The zero-order valence-electron chi connectivity index (χ0n) is 27.5. The van der Waals surface area contributed by atoms with Crippen molar-refractivity contribution in [3.05, 3.63) is 70.2 Å². The highest BCUT2D eigenvalue weighted by molar-refractivity contribution is 6.32. The van der Waals surface area contributed by atoms with Crippen molar-refractivity contribution in [3.8, 4) is 23.4 Å². The zero-order valence-corrected chi connectivity index (χ0v) is 29.0. The number of hydrogen-bond acceptors (Lipinski definition) is 9. The van der Waals surface area contributed by atoms with Gasteiger partial charge in [0.15, 0.2) is 11.6 Å². The van der Waals surface area contributed by atoms with Crippen LogP contribution in [0.3, 0.4) is 0 Å². The number of aromatic carboxylic acids is 1. The molecule has 12 nitrogen and oxygen atoms in total. The number of aromatic nitrogens is 6. The number of rotatable bonds is 10. The van der Waals surface area contributed by atoms with E-state index in [2.05, 4.69) is 20.2 Å². The number of carboxylic acid groups (broad SMARTS) is 1. The largest absolute Gasteiger partial charge is 0.478 e. The smallest absolute Gasteiger partial charge is 0.341 e. The molecule has 0 spiro atoms. The van der Waals surface area contributed by atoms with Gasteiger partial charge in [-0.2, -0.15) is 0 Å². The fraction of sp³-hybridized carbons (Fsp3) is 0.471. The third-order valence-corrected chi connectivity index (χ3v) is 9.90. The molecule has 6 aliphatic rings. The minimum absolute atomic E-state index is 0.00481. The molecule has 6 saturated carbocycles. The molecule has 0 unspecified atom stereocenters. The number of ether oxygens (including phenoxy) is 3. The Morgan fingerprint density at radius 3 is 1.54 bits per heavy atom. The fourth-order valence-electron chi connectivity index (χ4n) is 7.26. The van der Waals surface area contributed by atoms with Crippen molar-refractivity contribution in [1.29, 1.82) is 0 Å². The Morgan fingerprint density at radius 2 is 1.18 bits per heavy atom. The van der Waals surface area contributed by atoms with Crippen LogP contribution in [0.5, 0.6) is 11.8 Å². The number of esters is 1. The predicted molar refractivity (Wildman–Crippen MR) is 176 cm³/mol. The molecule has 50 heavy (non-hydrogen) atoms. The minimum atomic E-state index is -1.14. The van der Waals surface area contributed by atoms with Crippen LogP contribution in [0.2, 0.25) is 10.3 Å². The molecule has 0 atom stereocenters. The first-order chi connectivity index (χ1) is 23.4. The average Bonchev–Trinajstić information content (AvgIpc) is 3.65. The number of halogens is 4. The topological polar surface area (TPSA) is 143 Å². The number of alkyl halides is 2. The second-order valence-corrected chi connectivity index (χ2v) is 15.7. The highest BCUT2D eigenvalue weighted by atomic mass is 35.5. The summed E-state index contributed by atoms with van der Waals surface area (Å²) in [6.07, 6.45) is 6.84. The van der Waals surface area contributed by atoms with E-state index < -0.39 is 28.9 Å². The number of hydrogen-bond donors (Lipinski definition) is 1. The molecule has 6 aliphatic carbocycles. The Morgan fingerprint density at radius 1 is 0.760 bits per heavy atom. The third kappa shape index (κ3) is 6.74. The van der Waals surface area contributed by atoms with Crippen molar-refractivity contribution in [2.45, 2.75) is 76.2 Å². The van der Waals surface area contributed by atoms with E-state index in [9.17, 15) is 18.4 Å². The van der Waals surface area contributed by atoms with Crippen molar-refractivity contribution < 1.29 is 37.7 Å². The number of nitrogens with zero attached hydrogens (tertiary/aromatic N) is 6.